The van der Waals surface area contributed by atoms with Gasteiger partial charge in [-0.15, -0.1) is 0 Å². The van der Waals surface area contributed by atoms with Crippen molar-refractivity contribution in [2.45, 2.75) is 35.6 Å². The third kappa shape index (κ3) is 4.10. The molecule has 0 radical (unpaired) electrons. The molecule has 0 atom stereocenters. The monoisotopic (exact) mass is 449 g/mol. The summed E-state index contributed by atoms with van der Waals surface area (Å²) < 4.78 is 33.0. The lowest BCUT2D eigenvalue weighted by Crippen LogP contribution is -2.20. The number of aromatic amines is 1. The van der Waals surface area contributed by atoms with Crippen molar-refractivity contribution >= 4 is 31.5 Å². The third-order valence-electron chi connectivity index (χ3n) is 6.13. The van der Waals surface area contributed by atoms with E-state index in [2.05, 4.69) is 15.1 Å². The zero-order valence-electron chi connectivity index (χ0n) is 18.0. The molecule has 166 valence electrons. The molecular formula is C25H27N3O3S. The molecule has 5 rings (SSSR count). The number of hydrogen-bond acceptors (Lipinski definition) is 5. The van der Waals surface area contributed by atoms with E-state index in [9.17, 15) is 8.42 Å². The van der Waals surface area contributed by atoms with Gasteiger partial charge in [0, 0.05) is 10.8 Å². The van der Waals surface area contributed by atoms with E-state index in [0.717, 1.165) is 24.8 Å². The molecule has 2 heterocycles. The summed E-state index contributed by atoms with van der Waals surface area (Å²) >= 11 is 0. The molecule has 1 N–H and O–H groups in total. The second-order valence-corrected chi connectivity index (χ2v) is 10.2. The molecule has 32 heavy (non-hydrogen) atoms. The van der Waals surface area contributed by atoms with Crippen molar-refractivity contribution in [3.63, 3.8) is 0 Å². The summed E-state index contributed by atoms with van der Waals surface area (Å²) in [5, 5.41) is 9.18. The van der Waals surface area contributed by atoms with E-state index >= 15 is 0 Å². The molecule has 1 aliphatic rings. The fourth-order valence-electron chi connectivity index (χ4n) is 4.43. The second kappa shape index (κ2) is 8.92. The molecule has 1 saturated heterocycles. The van der Waals surface area contributed by atoms with Crippen molar-refractivity contribution in [3.8, 4) is 5.75 Å². The lowest BCUT2D eigenvalue weighted by Gasteiger charge is -2.14. The summed E-state index contributed by atoms with van der Waals surface area (Å²) in [6.45, 7) is 4.16. The first-order chi connectivity index (χ1) is 15.6. The maximum atomic E-state index is 13.5. The average Bonchev–Trinajstić information content (AvgIpc) is 3.48. The number of ether oxygens (including phenoxy) is 1. The Hall–Kier alpha value is -2.90. The largest absolute Gasteiger partial charge is 0.494 e. The fraction of sp³-hybridized carbons (Fsp3) is 0.320. The lowest BCUT2D eigenvalue weighted by molar-refractivity contribution is 0.280. The lowest BCUT2D eigenvalue weighted by atomic mass is 10.1. The van der Waals surface area contributed by atoms with E-state index in [-0.39, 0.29) is 9.92 Å². The van der Waals surface area contributed by atoms with E-state index in [0.29, 0.717) is 28.6 Å². The minimum atomic E-state index is -3.81. The molecule has 1 aliphatic heterocycles. The van der Waals surface area contributed by atoms with E-state index in [1.807, 2.05) is 42.5 Å². The molecule has 0 amide bonds. The van der Waals surface area contributed by atoms with Gasteiger partial charge in [-0.25, -0.2) is 8.42 Å². The first-order valence-electron chi connectivity index (χ1n) is 11.2. The van der Waals surface area contributed by atoms with Crippen LogP contribution in [0.25, 0.3) is 21.7 Å². The van der Waals surface area contributed by atoms with Crippen LogP contribution < -0.4 is 4.74 Å². The van der Waals surface area contributed by atoms with E-state index in [4.69, 9.17) is 4.74 Å². The van der Waals surface area contributed by atoms with Gasteiger partial charge >= 0.3 is 0 Å². The van der Waals surface area contributed by atoms with Gasteiger partial charge in [0.05, 0.1) is 17.0 Å². The Morgan fingerprint density at radius 1 is 0.938 bits per heavy atom. The van der Waals surface area contributed by atoms with E-state index in [1.54, 1.807) is 18.2 Å². The van der Waals surface area contributed by atoms with Crippen molar-refractivity contribution < 1.29 is 13.2 Å². The van der Waals surface area contributed by atoms with Crippen LogP contribution in [-0.4, -0.2) is 49.8 Å². The van der Waals surface area contributed by atoms with Gasteiger partial charge in [0.25, 0.3) is 0 Å². The molecule has 4 aromatic rings. The van der Waals surface area contributed by atoms with Gasteiger partial charge in [-0.3, -0.25) is 5.10 Å². The van der Waals surface area contributed by atoms with Gasteiger partial charge in [-0.1, -0.05) is 36.4 Å². The van der Waals surface area contributed by atoms with Crippen LogP contribution in [0.3, 0.4) is 0 Å². The SMILES string of the molecule is O=S(=O)(c1cccc2ccccc12)c1n[nH]c2ccc(OCCCCN3CCCC3)cc12. The summed E-state index contributed by atoms with van der Waals surface area (Å²) in [6.07, 6.45) is 4.70. The van der Waals surface area contributed by atoms with E-state index < -0.39 is 9.84 Å². The summed E-state index contributed by atoms with van der Waals surface area (Å²) in [4.78, 5) is 2.76. The van der Waals surface area contributed by atoms with Crippen LogP contribution >= 0.6 is 0 Å². The van der Waals surface area contributed by atoms with Crippen LogP contribution in [0.2, 0.25) is 0 Å². The summed E-state index contributed by atoms with van der Waals surface area (Å²) in [6, 6.07) is 18.3. The highest BCUT2D eigenvalue weighted by Gasteiger charge is 2.26. The zero-order valence-corrected chi connectivity index (χ0v) is 18.8. The molecule has 1 fully saturated rings. The summed E-state index contributed by atoms with van der Waals surface area (Å²) in [5.74, 6) is 0.662. The van der Waals surface area contributed by atoms with Gasteiger partial charge < -0.3 is 9.64 Å². The third-order valence-corrected chi connectivity index (χ3v) is 7.88. The molecule has 7 heteroatoms. The molecule has 0 bridgehead atoms. The van der Waals surface area contributed by atoms with Gasteiger partial charge in [0.2, 0.25) is 9.84 Å². The standard InChI is InChI=1S/C25H27N3O3S/c29-32(30,24-11-7-9-19-8-1-2-10-21(19)24)25-22-18-20(12-13-23(22)26-27-25)31-17-6-5-16-28-14-3-4-15-28/h1-2,7-13,18H,3-6,14-17H2,(H,26,27). The van der Waals surface area contributed by atoms with Crippen molar-refractivity contribution in [2.75, 3.05) is 26.2 Å². The highest BCUT2D eigenvalue weighted by Crippen LogP contribution is 2.32. The highest BCUT2D eigenvalue weighted by atomic mass is 32.2. The predicted octanol–water partition coefficient (Wildman–Crippen LogP) is 4.80. The summed E-state index contributed by atoms with van der Waals surface area (Å²) in [7, 11) is -3.81. The van der Waals surface area contributed by atoms with Crippen LogP contribution in [0, 0.1) is 0 Å². The Morgan fingerprint density at radius 2 is 1.75 bits per heavy atom. The number of benzene rings is 3. The molecule has 1 aromatic heterocycles. The normalized spacial score (nSPS) is 15.0. The molecule has 3 aromatic carbocycles. The number of aromatic nitrogens is 2. The highest BCUT2D eigenvalue weighted by molar-refractivity contribution is 7.91. The summed E-state index contributed by atoms with van der Waals surface area (Å²) in [5.41, 5.74) is 0.671. The van der Waals surface area contributed by atoms with E-state index in [1.165, 1.54) is 25.9 Å². The topological polar surface area (TPSA) is 75.3 Å². The second-order valence-electron chi connectivity index (χ2n) is 8.32. The first kappa shape index (κ1) is 21.0. The van der Waals surface area contributed by atoms with Crippen LogP contribution in [0.4, 0.5) is 0 Å². The van der Waals surface area contributed by atoms with Crippen molar-refractivity contribution in [1.29, 1.82) is 0 Å². The van der Waals surface area contributed by atoms with Crippen LogP contribution in [0.1, 0.15) is 25.7 Å². The van der Waals surface area contributed by atoms with Crippen molar-refractivity contribution in [3.05, 3.63) is 60.7 Å². The molecule has 0 unspecified atom stereocenters. The fourth-order valence-corrected chi connectivity index (χ4v) is 6.00. The number of likely N-dealkylation sites (tertiary alicyclic amines) is 1. The number of rotatable bonds is 8. The number of H-pyrrole nitrogens is 1. The Bertz CT molecular complexity index is 1340. The smallest absolute Gasteiger partial charge is 0.226 e. The maximum absolute atomic E-state index is 13.5. The molecular weight excluding hydrogens is 422 g/mol. The number of hydrogen-bond donors (Lipinski definition) is 1. The zero-order chi connectivity index (χ0) is 22.0. The average molecular weight is 450 g/mol. The van der Waals surface area contributed by atoms with Crippen molar-refractivity contribution in [2.24, 2.45) is 0 Å². The molecule has 0 aliphatic carbocycles. The molecule has 0 saturated carbocycles. The van der Waals surface area contributed by atoms with Crippen LogP contribution in [0.5, 0.6) is 5.75 Å². The van der Waals surface area contributed by atoms with Crippen LogP contribution in [0.15, 0.2) is 70.6 Å². The van der Waals surface area contributed by atoms with Gasteiger partial charge in [-0.2, -0.15) is 5.10 Å². The Morgan fingerprint density at radius 3 is 2.62 bits per heavy atom. The molecule has 0 spiro atoms. The Balaban J connectivity index is 1.36. The maximum Gasteiger partial charge on any atom is 0.226 e. The number of nitrogens with zero attached hydrogens (tertiary/aromatic N) is 2. The van der Waals surface area contributed by atoms with Gasteiger partial charge in [-0.05, 0) is 75.0 Å². The number of fused-ring (bicyclic) bond motifs is 2. The predicted molar refractivity (Wildman–Crippen MR) is 126 cm³/mol. The first-order valence-corrected chi connectivity index (χ1v) is 12.7. The molecule has 6 nitrogen and oxygen atoms in total. The van der Waals surface area contributed by atoms with Crippen LogP contribution in [-0.2, 0) is 9.84 Å². The number of unbranched alkanes of at least 4 members (excludes halogenated alkanes) is 1. The van der Waals surface area contributed by atoms with Gasteiger partial charge in [0.1, 0.15) is 5.75 Å². The minimum absolute atomic E-state index is 0.0309. The minimum Gasteiger partial charge on any atom is -0.494 e. The van der Waals surface area contributed by atoms with Gasteiger partial charge in [0.15, 0.2) is 5.03 Å². The van der Waals surface area contributed by atoms with Crippen molar-refractivity contribution in [1.82, 2.24) is 15.1 Å². The Kier molecular flexibility index (Phi) is 5.85. The Labute approximate surface area is 188 Å². The quantitative estimate of drug-likeness (QED) is 0.391. The number of sulfone groups is 1. The number of nitrogens with one attached hydrogen (secondary N) is 1.